The van der Waals surface area contributed by atoms with E-state index < -0.39 is 5.82 Å². The fraction of sp³-hybridized carbons (Fsp3) is 0.105. The van der Waals surface area contributed by atoms with Crippen LogP contribution in [0.5, 0.6) is 0 Å². The van der Waals surface area contributed by atoms with Gasteiger partial charge in [0, 0.05) is 0 Å². The van der Waals surface area contributed by atoms with Gasteiger partial charge in [0.15, 0.2) is 10.9 Å². The maximum Gasteiger partial charge on any atom is 0.519 e. The molecule has 2 aromatic heterocycles. The fourth-order valence-corrected chi connectivity index (χ4v) is 3.65. The first-order valence-electron chi connectivity index (χ1n) is 7.93. The van der Waals surface area contributed by atoms with E-state index >= 15 is 0 Å². The smallest absolute Gasteiger partial charge is 0.396 e. The first-order valence-corrected chi connectivity index (χ1v) is 8.91. The van der Waals surface area contributed by atoms with Crippen LogP contribution in [0.4, 0.5) is 0 Å². The Kier molecular flexibility index (Phi) is 4.22. The van der Waals surface area contributed by atoms with Crippen molar-refractivity contribution in [2.75, 3.05) is 0 Å². The quantitative estimate of drug-likeness (QED) is 0.406. The summed E-state index contributed by atoms with van der Waals surface area (Å²) in [6, 6.07) is 16.6. The lowest BCUT2D eigenvalue weighted by Gasteiger charge is -2.12. The summed E-state index contributed by atoms with van der Waals surface area (Å²) in [5, 5.41) is 1.06. The number of hydrogen-bond acceptors (Lipinski definition) is 6. The zero-order valence-corrected chi connectivity index (χ0v) is 14.7. The molecule has 0 bridgehead atoms. The molecule has 4 aromatic rings. The molecule has 0 spiro atoms. The highest BCUT2D eigenvalue weighted by Crippen LogP contribution is 2.25. The average molecular weight is 366 g/mol. The predicted molar refractivity (Wildman–Crippen MR) is 98.9 cm³/mol. The van der Waals surface area contributed by atoms with Crippen molar-refractivity contribution < 1.29 is 8.83 Å². The monoisotopic (exact) mass is 366 g/mol. The minimum atomic E-state index is -0.731. The van der Waals surface area contributed by atoms with Crippen molar-refractivity contribution in [1.29, 1.82) is 0 Å². The van der Waals surface area contributed by atoms with Crippen molar-refractivity contribution in [1.82, 2.24) is 9.55 Å². The maximum atomic E-state index is 13.0. The topological polar surface area (TPSA) is 78.2 Å². The van der Waals surface area contributed by atoms with Crippen molar-refractivity contribution in [3.63, 3.8) is 0 Å². The lowest BCUT2D eigenvalue weighted by Crippen LogP contribution is -2.21. The Morgan fingerprint density at radius 3 is 2.46 bits per heavy atom. The Balaban J connectivity index is 1.85. The molecule has 130 valence electrons. The molecule has 0 aliphatic heterocycles. The van der Waals surface area contributed by atoms with Gasteiger partial charge in [0.25, 0.3) is 5.56 Å². The van der Waals surface area contributed by atoms with Gasteiger partial charge in [-0.2, -0.15) is 0 Å². The van der Waals surface area contributed by atoms with Crippen LogP contribution in [0.2, 0.25) is 0 Å². The molecule has 0 N–H and O–H groups in total. The van der Waals surface area contributed by atoms with E-state index in [0.717, 1.165) is 5.69 Å². The van der Waals surface area contributed by atoms with E-state index in [9.17, 15) is 9.59 Å². The maximum absolute atomic E-state index is 13.0. The van der Waals surface area contributed by atoms with Gasteiger partial charge >= 0.3 is 5.82 Å². The van der Waals surface area contributed by atoms with Gasteiger partial charge in [-0.1, -0.05) is 42.1 Å². The first kappa shape index (κ1) is 16.4. The van der Waals surface area contributed by atoms with Gasteiger partial charge in [0.2, 0.25) is 0 Å². The highest BCUT2D eigenvalue weighted by atomic mass is 32.2. The molecule has 0 aliphatic carbocycles. The van der Waals surface area contributed by atoms with E-state index in [1.807, 2.05) is 42.5 Å². The van der Waals surface area contributed by atoms with Gasteiger partial charge < -0.3 is 8.83 Å². The number of fused-ring (bicyclic) bond motifs is 1. The highest BCUT2D eigenvalue weighted by Gasteiger charge is 2.15. The molecule has 0 unspecified atom stereocenters. The van der Waals surface area contributed by atoms with Crippen LogP contribution >= 0.6 is 11.8 Å². The summed E-state index contributed by atoms with van der Waals surface area (Å²) in [5.74, 6) is 0.457. The van der Waals surface area contributed by atoms with Crippen molar-refractivity contribution in [2.45, 2.75) is 17.8 Å². The second kappa shape index (κ2) is 6.68. The average Bonchev–Trinajstić information content (AvgIpc) is 2.98. The third-order valence-electron chi connectivity index (χ3n) is 3.93. The summed E-state index contributed by atoms with van der Waals surface area (Å²) < 4.78 is 11.5. The Bertz CT molecular complexity index is 1190. The van der Waals surface area contributed by atoms with Crippen LogP contribution < -0.4 is 11.4 Å². The van der Waals surface area contributed by atoms with E-state index in [-0.39, 0.29) is 5.56 Å². The zero-order valence-electron chi connectivity index (χ0n) is 13.8. The molecule has 26 heavy (non-hydrogen) atoms. The molecule has 0 atom stereocenters. The molecule has 0 aliphatic rings. The molecular weight excluding hydrogens is 352 g/mol. The zero-order chi connectivity index (χ0) is 18.1. The van der Waals surface area contributed by atoms with Crippen LogP contribution in [0.15, 0.2) is 78.2 Å². The highest BCUT2D eigenvalue weighted by molar-refractivity contribution is 7.98. The molecule has 7 heteroatoms. The van der Waals surface area contributed by atoms with Gasteiger partial charge in [-0.15, -0.1) is 0 Å². The summed E-state index contributed by atoms with van der Waals surface area (Å²) in [6.45, 7) is 1.67. The Labute approximate surface area is 152 Å². The minimum absolute atomic E-state index is 0.144. The molecule has 2 heterocycles. The molecule has 6 nitrogen and oxygen atoms in total. The Morgan fingerprint density at radius 1 is 1.00 bits per heavy atom. The van der Waals surface area contributed by atoms with Crippen LogP contribution in [0, 0.1) is 6.92 Å². The van der Waals surface area contributed by atoms with Crippen LogP contribution in [0.1, 0.15) is 11.5 Å². The summed E-state index contributed by atoms with van der Waals surface area (Å²) in [7, 11) is 0. The summed E-state index contributed by atoms with van der Waals surface area (Å²) in [6.07, 6.45) is 0. The number of hydrogen-bond donors (Lipinski definition) is 0. The van der Waals surface area contributed by atoms with Gasteiger partial charge in [-0.25, -0.2) is 9.78 Å². The molecule has 0 amide bonds. The van der Waals surface area contributed by atoms with Crippen LogP contribution in [-0.4, -0.2) is 9.55 Å². The summed E-state index contributed by atoms with van der Waals surface area (Å²) >= 11 is 1.31. The van der Waals surface area contributed by atoms with Crippen LogP contribution in [0.3, 0.4) is 0 Å². The third kappa shape index (κ3) is 2.97. The molecule has 0 fully saturated rings. The van der Waals surface area contributed by atoms with E-state index in [0.29, 0.717) is 33.3 Å². The van der Waals surface area contributed by atoms with Gasteiger partial charge in [0.05, 0.1) is 22.3 Å². The van der Waals surface area contributed by atoms with Crippen molar-refractivity contribution >= 4 is 22.7 Å². The lowest BCUT2D eigenvalue weighted by atomic mass is 10.2. The normalized spacial score (nSPS) is 11.1. The molecule has 0 saturated carbocycles. The van der Waals surface area contributed by atoms with Crippen LogP contribution in [0.25, 0.3) is 16.6 Å². The van der Waals surface area contributed by atoms with Crippen molar-refractivity contribution in [3.05, 3.63) is 87.1 Å². The fourth-order valence-electron chi connectivity index (χ4n) is 2.65. The summed E-state index contributed by atoms with van der Waals surface area (Å²) in [4.78, 5) is 28.9. The van der Waals surface area contributed by atoms with E-state index in [2.05, 4.69) is 4.98 Å². The van der Waals surface area contributed by atoms with E-state index in [1.165, 1.54) is 11.8 Å². The van der Waals surface area contributed by atoms with Crippen molar-refractivity contribution in [2.24, 2.45) is 0 Å². The third-order valence-corrected chi connectivity index (χ3v) is 4.87. The number of para-hydroxylation sites is 2. The summed E-state index contributed by atoms with van der Waals surface area (Å²) in [5.41, 5.74) is 1.20. The minimum Gasteiger partial charge on any atom is -0.396 e. The molecular formula is C19H14N2O4S. The van der Waals surface area contributed by atoms with Gasteiger partial charge in [-0.05, 0) is 31.2 Å². The second-order valence-electron chi connectivity index (χ2n) is 5.61. The number of rotatable bonds is 4. The molecule has 4 rings (SSSR count). The Hall–Kier alpha value is -3.06. The number of benzene rings is 2. The van der Waals surface area contributed by atoms with Gasteiger partial charge in [0.1, 0.15) is 5.76 Å². The number of nitrogens with zero attached hydrogens (tertiary/aromatic N) is 2. The lowest BCUT2D eigenvalue weighted by molar-refractivity contribution is 0.372. The molecule has 0 radical (unpaired) electrons. The number of aryl methyl sites for hydroxylation is 1. The number of thioether (sulfide) groups is 1. The van der Waals surface area contributed by atoms with E-state index in [4.69, 9.17) is 8.83 Å². The van der Waals surface area contributed by atoms with Crippen LogP contribution in [-0.2, 0) is 5.75 Å². The number of aromatic nitrogens is 2. The standard InChI is InChI=1S/C19H14N2O4S/c1-12-16(25-19(23)24-12)11-26-18-20-15-10-6-5-9-14(15)17(22)21(18)13-7-3-2-4-8-13/h2-10H,11H2,1H3. The predicted octanol–water partition coefficient (Wildman–Crippen LogP) is 3.53. The first-order chi connectivity index (χ1) is 12.6. The molecule has 0 saturated heterocycles. The van der Waals surface area contributed by atoms with E-state index in [1.54, 1.807) is 23.6 Å². The SMILES string of the molecule is Cc1oc(=O)oc1CSc1nc2ccccc2c(=O)n1-c1ccccc1. The Morgan fingerprint density at radius 2 is 1.73 bits per heavy atom. The molecule has 2 aromatic carbocycles. The van der Waals surface area contributed by atoms with Gasteiger partial charge in [-0.3, -0.25) is 9.36 Å². The van der Waals surface area contributed by atoms with Crippen molar-refractivity contribution in [3.8, 4) is 5.69 Å². The second-order valence-corrected chi connectivity index (χ2v) is 6.55. The largest absolute Gasteiger partial charge is 0.519 e.